The standard InChI is InChI=1S/C21H26N3O4P3S2/c1-2-3-11-28-17-13-15(23-20(25)18-9-10-22-32-18)7-8-19(17)33(26,27)24-16-6-4-5-14(12-16)21(29,30)31/h4-10,12-13,24H,2-3,11,29-31H2,1H3,(H,23,25). The van der Waals surface area contributed by atoms with Crippen LogP contribution in [0.15, 0.2) is 59.6 Å². The van der Waals surface area contributed by atoms with Gasteiger partial charge in [0.15, 0.2) is 0 Å². The number of unbranched alkanes of at least 4 members (excludes halogenated alkanes) is 1. The molecule has 3 aromatic rings. The highest BCUT2D eigenvalue weighted by Gasteiger charge is 2.22. The highest BCUT2D eigenvalue weighted by molar-refractivity contribution is 7.92. The Kier molecular flexibility index (Phi) is 8.82. The average Bonchev–Trinajstić information content (AvgIpc) is 3.28. The van der Waals surface area contributed by atoms with Crippen LogP contribution in [0.3, 0.4) is 0 Å². The fraction of sp³-hybridized carbons (Fsp3) is 0.238. The van der Waals surface area contributed by atoms with Gasteiger partial charge in [-0.25, -0.2) is 12.8 Å². The first kappa shape index (κ1) is 26.0. The highest BCUT2D eigenvalue weighted by Crippen LogP contribution is 2.45. The second kappa shape index (κ2) is 11.2. The summed E-state index contributed by atoms with van der Waals surface area (Å²) >= 11 is 1.08. The molecule has 3 unspecified atom stereocenters. The Morgan fingerprint density at radius 3 is 2.58 bits per heavy atom. The molecule has 0 bridgehead atoms. The number of sulfonamides is 1. The minimum absolute atomic E-state index is 0.00585. The van der Waals surface area contributed by atoms with Crippen LogP contribution in [0, 0.1) is 0 Å². The van der Waals surface area contributed by atoms with Crippen molar-refractivity contribution in [2.24, 2.45) is 0 Å². The van der Waals surface area contributed by atoms with Crippen molar-refractivity contribution in [2.75, 3.05) is 16.6 Å². The predicted molar refractivity (Wildman–Crippen MR) is 145 cm³/mol. The zero-order valence-electron chi connectivity index (χ0n) is 17.9. The van der Waals surface area contributed by atoms with Gasteiger partial charge in [0, 0.05) is 28.3 Å². The maximum atomic E-state index is 13.2. The van der Waals surface area contributed by atoms with Crippen molar-refractivity contribution in [3.8, 4) is 5.75 Å². The molecule has 0 radical (unpaired) electrons. The van der Waals surface area contributed by atoms with E-state index in [0.29, 0.717) is 22.9 Å². The Balaban J connectivity index is 1.90. The molecule has 3 rings (SSSR count). The monoisotopic (exact) mass is 541 g/mol. The normalized spacial score (nSPS) is 11.8. The van der Waals surface area contributed by atoms with Gasteiger partial charge in [-0.15, -0.1) is 27.7 Å². The third-order valence-corrected chi connectivity index (χ3v) is 7.69. The van der Waals surface area contributed by atoms with E-state index in [4.69, 9.17) is 4.74 Å². The lowest BCUT2D eigenvalue weighted by Gasteiger charge is -2.20. The van der Waals surface area contributed by atoms with Crippen LogP contribution >= 0.6 is 39.3 Å². The molecule has 0 aliphatic carbocycles. The van der Waals surface area contributed by atoms with Gasteiger partial charge in [-0.1, -0.05) is 25.5 Å². The quantitative estimate of drug-likeness (QED) is 0.275. The van der Waals surface area contributed by atoms with Gasteiger partial charge < -0.3 is 10.1 Å². The number of carbonyl (C=O) groups excluding carboxylic acids is 1. The Bertz CT molecular complexity index is 1210. The van der Waals surface area contributed by atoms with E-state index in [1.807, 2.05) is 13.0 Å². The van der Waals surface area contributed by atoms with E-state index in [2.05, 4.69) is 42.1 Å². The van der Waals surface area contributed by atoms with Crippen molar-refractivity contribution >= 4 is 66.6 Å². The zero-order chi connectivity index (χ0) is 24.1. The van der Waals surface area contributed by atoms with Crippen molar-refractivity contribution in [3.05, 3.63) is 65.2 Å². The van der Waals surface area contributed by atoms with Crippen LogP contribution in [0.25, 0.3) is 0 Å². The number of rotatable bonds is 10. The summed E-state index contributed by atoms with van der Waals surface area (Å²) in [6.45, 7) is 2.38. The summed E-state index contributed by atoms with van der Waals surface area (Å²) in [5.41, 5.74) is 1.77. The summed E-state index contributed by atoms with van der Waals surface area (Å²) in [6.07, 6.45) is 3.21. The van der Waals surface area contributed by atoms with E-state index in [0.717, 1.165) is 29.9 Å². The smallest absolute Gasteiger partial charge is 0.267 e. The summed E-state index contributed by atoms with van der Waals surface area (Å²) in [4.78, 5) is 12.8. The molecule has 0 saturated heterocycles. The van der Waals surface area contributed by atoms with Crippen LogP contribution in [-0.4, -0.2) is 25.3 Å². The van der Waals surface area contributed by atoms with Crippen LogP contribution < -0.4 is 14.8 Å². The van der Waals surface area contributed by atoms with E-state index in [1.54, 1.807) is 30.5 Å². The molecule has 0 aliphatic rings. The Hall–Kier alpha value is -1.62. The van der Waals surface area contributed by atoms with Crippen molar-refractivity contribution < 1.29 is 17.9 Å². The van der Waals surface area contributed by atoms with E-state index in [-0.39, 0.29) is 21.2 Å². The topological polar surface area (TPSA) is 97.4 Å². The van der Waals surface area contributed by atoms with Crippen molar-refractivity contribution in [1.29, 1.82) is 0 Å². The van der Waals surface area contributed by atoms with E-state index in [9.17, 15) is 13.2 Å². The SMILES string of the molecule is CCCCOc1cc(NC(=O)c2ccns2)ccc1S(=O)(=O)Nc1cccc(C(P)(P)P)c1. The Labute approximate surface area is 205 Å². The molecule has 3 atom stereocenters. The van der Waals surface area contributed by atoms with Gasteiger partial charge in [0.1, 0.15) is 15.5 Å². The minimum Gasteiger partial charge on any atom is -0.492 e. The second-order valence-corrected chi connectivity index (χ2v) is 14.7. The number of carbonyl (C=O) groups is 1. The number of nitrogens with zero attached hydrogens (tertiary/aromatic N) is 1. The maximum Gasteiger partial charge on any atom is 0.267 e. The molecule has 0 aliphatic heterocycles. The molecule has 2 aromatic carbocycles. The van der Waals surface area contributed by atoms with Gasteiger partial charge >= 0.3 is 0 Å². The molecular weight excluding hydrogens is 515 g/mol. The lowest BCUT2D eigenvalue weighted by molar-refractivity contribution is 0.103. The van der Waals surface area contributed by atoms with Gasteiger partial charge in [-0.3, -0.25) is 9.52 Å². The third-order valence-electron chi connectivity index (χ3n) is 4.52. The summed E-state index contributed by atoms with van der Waals surface area (Å²) in [5.74, 6) is -0.148. The molecule has 33 heavy (non-hydrogen) atoms. The first-order valence-corrected chi connectivity index (χ1v) is 14.1. The molecule has 0 saturated carbocycles. The lowest BCUT2D eigenvalue weighted by Crippen LogP contribution is -2.16. The molecule has 176 valence electrons. The summed E-state index contributed by atoms with van der Waals surface area (Å²) in [5, 5.41) is 2.76. The molecule has 0 spiro atoms. The molecular formula is C21H26N3O4P3S2. The number of ether oxygens (including phenoxy) is 1. The van der Waals surface area contributed by atoms with Crippen molar-refractivity contribution in [1.82, 2.24) is 4.37 Å². The molecule has 7 nitrogen and oxygen atoms in total. The Morgan fingerprint density at radius 1 is 1.12 bits per heavy atom. The fourth-order valence-corrected chi connectivity index (χ4v) is 5.04. The number of hydrogen-bond donors (Lipinski definition) is 2. The fourth-order valence-electron chi connectivity index (χ4n) is 2.83. The van der Waals surface area contributed by atoms with E-state index in [1.165, 1.54) is 18.2 Å². The second-order valence-electron chi connectivity index (χ2n) is 7.31. The highest BCUT2D eigenvalue weighted by atomic mass is 32.2. The van der Waals surface area contributed by atoms with Gasteiger partial charge in [-0.05, 0) is 53.8 Å². The summed E-state index contributed by atoms with van der Waals surface area (Å²) in [7, 11) is 4.08. The van der Waals surface area contributed by atoms with Gasteiger partial charge in [0.2, 0.25) is 0 Å². The van der Waals surface area contributed by atoms with E-state index >= 15 is 0 Å². The number of hydrogen-bond acceptors (Lipinski definition) is 6. The maximum absolute atomic E-state index is 13.2. The van der Waals surface area contributed by atoms with Gasteiger partial charge in [0.05, 0.1) is 6.61 Å². The number of anilines is 2. The molecule has 2 N–H and O–H groups in total. The molecule has 1 heterocycles. The van der Waals surface area contributed by atoms with Gasteiger partial charge in [-0.2, -0.15) is 0 Å². The lowest BCUT2D eigenvalue weighted by atomic mass is 10.2. The van der Waals surface area contributed by atoms with E-state index < -0.39 is 10.0 Å². The molecule has 1 amide bonds. The first-order valence-electron chi connectivity index (χ1n) is 10.1. The molecule has 1 aromatic heterocycles. The van der Waals surface area contributed by atoms with Crippen LogP contribution in [0.5, 0.6) is 5.75 Å². The van der Waals surface area contributed by atoms with Crippen LogP contribution in [0.2, 0.25) is 0 Å². The summed E-state index contributed by atoms with van der Waals surface area (Å²) < 4.78 is 38.5. The Morgan fingerprint density at radius 2 is 1.91 bits per heavy atom. The number of nitrogens with one attached hydrogen (secondary N) is 2. The van der Waals surface area contributed by atoms with Crippen molar-refractivity contribution in [3.63, 3.8) is 0 Å². The molecule has 0 fully saturated rings. The average molecular weight is 542 g/mol. The predicted octanol–water partition coefficient (Wildman–Crippen LogP) is 5.11. The third kappa shape index (κ3) is 7.18. The summed E-state index contributed by atoms with van der Waals surface area (Å²) in [6, 6.07) is 13.3. The van der Waals surface area contributed by atoms with Gasteiger partial charge in [0.25, 0.3) is 15.9 Å². The zero-order valence-corrected chi connectivity index (χ0v) is 23.0. The largest absolute Gasteiger partial charge is 0.492 e. The first-order chi connectivity index (χ1) is 15.6. The number of aromatic nitrogens is 1. The molecule has 12 heteroatoms. The van der Waals surface area contributed by atoms with Crippen LogP contribution in [-0.2, 0) is 14.7 Å². The van der Waals surface area contributed by atoms with Crippen LogP contribution in [0.1, 0.15) is 35.0 Å². The van der Waals surface area contributed by atoms with Crippen LogP contribution in [0.4, 0.5) is 11.4 Å². The number of benzene rings is 2. The number of amides is 1. The minimum atomic E-state index is -3.95. The van der Waals surface area contributed by atoms with Crippen molar-refractivity contribution in [2.45, 2.75) is 29.3 Å².